The number of nitrogens with one attached hydrogen (secondary N) is 1. The number of benzene rings is 1. The normalized spacial score (nSPS) is 13.4. The second-order valence-electron chi connectivity index (χ2n) is 5.19. The summed E-state index contributed by atoms with van der Waals surface area (Å²) in [6, 6.07) is 6.52. The van der Waals surface area contributed by atoms with Gasteiger partial charge < -0.3 is 19.9 Å². The number of nitrogens with zero attached hydrogens (tertiary/aromatic N) is 1. The van der Waals surface area contributed by atoms with Gasteiger partial charge in [-0.2, -0.15) is 0 Å². The van der Waals surface area contributed by atoms with Crippen LogP contribution in [0.2, 0.25) is 0 Å². The molecule has 1 heterocycles. The Bertz CT molecular complexity index is 651. The SMILES string of the molecule is COc1ccc(OC)c(C(O)CNC(C)c2cncc(F)c2)c1. The van der Waals surface area contributed by atoms with E-state index in [-0.39, 0.29) is 18.4 Å². The van der Waals surface area contributed by atoms with Crippen molar-refractivity contribution in [2.45, 2.75) is 19.1 Å². The molecule has 2 atom stereocenters. The van der Waals surface area contributed by atoms with Gasteiger partial charge in [-0.25, -0.2) is 4.39 Å². The maximum Gasteiger partial charge on any atom is 0.141 e. The van der Waals surface area contributed by atoms with E-state index in [0.717, 1.165) is 11.8 Å². The van der Waals surface area contributed by atoms with Crippen molar-refractivity contribution in [2.24, 2.45) is 0 Å². The topological polar surface area (TPSA) is 63.6 Å². The first-order valence-electron chi connectivity index (χ1n) is 7.29. The third-order valence-corrected chi connectivity index (χ3v) is 3.64. The van der Waals surface area contributed by atoms with E-state index >= 15 is 0 Å². The van der Waals surface area contributed by atoms with E-state index in [1.165, 1.54) is 6.07 Å². The second kappa shape index (κ2) is 7.89. The zero-order chi connectivity index (χ0) is 16.8. The highest BCUT2D eigenvalue weighted by Gasteiger charge is 2.16. The van der Waals surface area contributed by atoms with Gasteiger partial charge in [-0.3, -0.25) is 4.98 Å². The molecule has 0 saturated heterocycles. The number of aliphatic hydroxyl groups is 1. The molecule has 0 aliphatic carbocycles. The molecule has 0 bridgehead atoms. The van der Waals surface area contributed by atoms with Gasteiger partial charge in [0.15, 0.2) is 0 Å². The van der Waals surface area contributed by atoms with Crippen molar-refractivity contribution in [3.05, 3.63) is 53.6 Å². The van der Waals surface area contributed by atoms with Crippen LogP contribution in [0.25, 0.3) is 0 Å². The molecule has 0 amide bonds. The average molecular weight is 320 g/mol. The third kappa shape index (κ3) is 4.40. The first kappa shape index (κ1) is 17.2. The summed E-state index contributed by atoms with van der Waals surface area (Å²) in [5, 5.41) is 13.6. The maximum absolute atomic E-state index is 13.2. The Morgan fingerprint density at radius 1 is 1.22 bits per heavy atom. The van der Waals surface area contributed by atoms with Crippen LogP contribution in [0.4, 0.5) is 4.39 Å². The second-order valence-corrected chi connectivity index (χ2v) is 5.19. The summed E-state index contributed by atoms with van der Waals surface area (Å²) < 4.78 is 23.6. The summed E-state index contributed by atoms with van der Waals surface area (Å²) in [5.41, 5.74) is 1.35. The molecule has 2 rings (SSSR count). The Morgan fingerprint density at radius 3 is 2.65 bits per heavy atom. The average Bonchev–Trinajstić information content (AvgIpc) is 2.58. The van der Waals surface area contributed by atoms with Crippen molar-refractivity contribution in [3.63, 3.8) is 0 Å². The standard InChI is InChI=1S/C17H21FN2O3/c1-11(12-6-13(18)9-19-8-12)20-10-16(21)15-7-14(22-2)4-5-17(15)23-3/h4-9,11,16,20-21H,10H2,1-3H3. The van der Waals surface area contributed by atoms with Crippen molar-refractivity contribution >= 4 is 0 Å². The number of rotatable bonds is 7. The number of methoxy groups -OCH3 is 2. The smallest absolute Gasteiger partial charge is 0.141 e. The van der Waals surface area contributed by atoms with Gasteiger partial charge in [0.2, 0.25) is 0 Å². The first-order valence-corrected chi connectivity index (χ1v) is 7.29. The van der Waals surface area contributed by atoms with Crippen molar-refractivity contribution in [2.75, 3.05) is 20.8 Å². The van der Waals surface area contributed by atoms with E-state index in [9.17, 15) is 9.50 Å². The lowest BCUT2D eigenvalue weighted by Gasteiger charge is -2.19. The predicted molar refractivity (Wildman–Crippen MR) is 85.1 cm³/mol. The van der Waals surface area contributed by atoms with Crippen molar-refractivity contribution < 1.29 is 19.0 Å². The van der Waals surface area contributed by atoms with Gasteiger partial charge in [0.05, 0.1) is 26.5 Å². The molecule has 0 saturated carbocycles. The monoisotopic (exact) mass is 320 g/mol. The van der Waals surface area contributed by atoms with Crippen LogP contribution in [0.5, 0.6) is 11.5 Å². The van der Waals surface area contributed by atoms with Crippen LogP contribution in [-0.2, 0) is 0 Å². The molecule has 0 aliphatic heterocycles. The van der Waals surface area contributed by atoms with Crippen molar-refractivity contribution in [1.29, 1.82) is 0 Å². The summed E-state index contributed by atoms with van der Waals surface area (Å²) in [6.07, 6.45) is 1.97. The van der Waals surface area contributed by atoms with E-state index in [1.807, 2.05) is 6.92 Å². The van der Waals surface area contributed by atoms with Gasteiger partial charge in [-0.15, -0.1) is 0 Å². The van der Waals surface area contributed by atoms with Crippen LogP contribution in [-0.4, -0.2) is 30.9 Å². The van der Waals surface area contributed by atoms with Gasteiger partial charge in [0.1, 0.15) is 17.3 Å². The van der Waals surface area contributed by atoms with Crippen LogP contribution in [0.3, 0.4) is 0 Å². The molecule has 0 aliphatic rings. The maximum atomic E-state index is 13.2. The highest BCUT2D eigenvalue weighted by atomic mass is 19.1. The Balaban J connectivity index is 2.05. The largest absolute Gasteiger partial charge is 0.497 e. The summed E-state index contributed by atoms with van der Waals surface area (Å²) in [4.78, 5) is 3.83. The number of hydrogen-bond donors (Lipinski definition) is 2. The summed E-state index contributed by atoms with van der Waals surface area (Å²) in [5.74, 6) is 0.841. The van der Waals surface area contributed by atoms with Gasteiger partial charge >= 0.3 is 0 Å². The van der Waals surface area contributed by atoms with Crippen LogP contribution in [0, 0.1) is 5.82 Å². The Hall–Kier alpha value is -2.18. The van der Waals surface area contributed by atoms with Crippen molar-refractivity contribution in [1.82, 2.24) is 10.3 Å². The van der Waals surface area contributed by atoms with E-state index in [1.54, 1.807) is 38.6 Å². The van der Waals surface area contributed by atoms with Crippen LogP contribution in [0.1, 0.15) is 30.2 Å². The Kier molecular flexibility index (Phi) is 5.90. The lowest BCUT2D eigenvalue weighted by Crippen LogP contribution is -2.25. The molecule has 23 heavy (non-hydrogen) atoms. The highest BCUT2D eigenvalue weighted by molar-refractivity contribution is 5.41. The lowest BCUT2D eigenvalue weighted by molar-refractivity contribution is 0.166. The minimum atomic E-state index is -0.788. The molecule has 2 N–H and O–H groups in total. The summed E-state index contributed by atoms with van der Waals surface area (Å²) in [6.45, 7) is 2.16. The molecular weight excluding hydrogens is 299 g/mol. The third-order valence-electron chi connectivity index (χ3n) is 3.64. The number of hydrogen-bond acceptors (Lipinski definition) is 5. The molecule has 2 aromatic rings. The Morgan fingerprint density at radius 2 is 2.00 bits per heavy atom. The molecule has 2 unspecified atom stereocenters. The minimum Gasteiger partial charge on any atom is -0.497 e. The van der Waals surface area contributed by atoms with Crippen LogP contribution in [0.15, 0.2) is 36.7 Å². The highest BCUT2D eigenvalue weighted by Crippen LogP contribution is 2.29. The summed E-state index contributed by atoms with van der Waals surface area (Å²) >= 11 is 0. The molecular formula is C17H21FN2O3. The number of ether oxygens (including phenoxy) is 2. The van der Waals surface area contributed by atoms with Gasteiger partial charge in [0.25, 0.3) is 0 Å². The zero-order valence-corrected chi connectivity index (χ0v) is 13.4. The van der Waals surface area contributed by atoms with Gasteiger partial charge in [-0.1, -0.05) is 0 Å². The fourth-order valence-electron chi connectivity index (χ4n) is 2.28. The van der Waals surface area contributed by atoms with Crippen LogP contribution < -0.4 is 14.8 Å². The number of halogens is 1. The van der Waals surface area contributed by atoms with Gasteiger partial charge in [-0.05, 0) is 36.8 Å². The minimum absolute atomic E-state index is 0.149. The number of pyridine rings is 1. The molecule has 0 radical (unpaired) electrons. The predicted octanol–water partition coefficient (Wildman–Crippen LogP) is 2.62. The quantitative estimate of drug-likeness (QED) is 0.821. The summed E-state index contributed by atoms with van der Waals surface area (Å²) in [7, 11) is 3.11. The molecule has 1 aromatic heterocycles. The fourth-order valence-corrected chi connectivity index (χ4v) is 2.28. The Labute approximate surface area is 135 Å². The van der Waals surface area contributed by atoms with Crippen molar-refractivity contribution in [3.8, 4) is 11.5 Å². The van der Waals surface area contributed by atoms with Crippen LogP contribution >= 0.6 is 0 Å². The molecule has 6 heteroatoms. The van der Waals surface area contributed by atoms with E-state index in [0.29, 0.717) is 17.1 Å². The van der Waals surface area contributed by atoms with E-state index in [4.69, 9.17) is 9.47 Å². The zero-order valence-electron chi connectivity index (χ0n) is 13.4. The van der Waals surface area contributed by atoms with Gasteiger partial charge in [0, 0.05) is 24.3 Å². The number of aromatic nitrogens is 1. The van der Waals surface area contributed by atoms with E-state index in [2.05, 4.69) is 10.3 Å². The first-order chi connectivity index (χ1) is 11.0. The number of aliphatic hydroxyl groups excluding tert-OH is 1. The molecule has 124 valence electrons. The fraction of sp³-hybridized carbons (Fsp3) is 0.353. The molecule has 1 aromatic carbocycles. The molecule has 0 spiro atoms. The van der Waals surface area contributed by atoms with E-state index < -0.39 is 6.10 Å². The molecule has 0 fully saturated rings. The lowest BCUT2D eigenvalue weighted by atomic mass is 10.1. The molecule has 5 nitrogen and oxygen atoms in total.